The maximum Gasteiger partial charge on any atom is 0.228 e. The molecule has 2 aromatic rings. The van der Waals surface area contributed by atoms with E-state index in [4.69, 9.17) is 0 Å². The summed E-state index contributed by atoms with van der Waals surface area (Å²) in [5.41, 5.74) is 3.53. The Bertz CT molecular complexity index is 1040. The number of phenols is 1. The van der Waals surface area contributed by atoms with E-state index in [0.29, 0.717) is 29.2 Å². The largest absolute Gasteiger partial charge is 0.508 e. The molecule has 4 nitrogen and oxygen atoms in total. The average molecular weight is 482 g/mol. The number of halogens is 1. The van der Waals surface area contributed by atoms with Crippen molar-refractivity contribution in [3.05, 3.63) is 57.6 Å². The zero-order valence-corrected chi connectivity index (χ0v) is 19.3. The van der Waals surface area contributed by atoms with Crippen LogP contribution in [0.5, 0.6) is 5.75 Å². The minimum Gasteiger partial charge on any atom is -0.508 e. The van der Waals surface area contributed by atoms with Gasteiger partial charge in [-0.2, -0.15) is 0 Å². The third kappa shape index (κ3) is 3.93. The van der Waals surface area contributed by atoms with Gasteiger partial charge in [0, 0.05) is 33.6 Å². The van der Waals surface area contributed by atoms with Gasteiger partial charge in [0.1, 0.15) is 5.75 Å². The van der Waals surface area contributed by atoms with Crippen molar-refractivity contribution >= 4 is 33.3 Å². The summed E-state index contributed by atoms with van der Waals surface area (Å²) in [6, 6.07) is 11.2. The number of aromatic hydroxyl groups is 1. The van der Waals surface area contributed by atoms with Crippen LogP contribution >= 0.6 is 15.9 Å². The lowest BCUT2D eigenvalue weighted by Crippen LogP contribution is -2.21. The standard InChI is InChI=1S/C26H28BrNO3/c1-14-8-9-17(13-23(14)29)28-26(31)24-20-11-15(12-21(20)24)10-16-4-2-5-18-19(25(16)30)6-3-7-22(18)27/h3,6-9,13,15-16,20-21,24,29H,2,4-5,10-12H2,1H3,(H,28,31)/t15?,16?,20-,21+,24?. The van der Waals surface area contributed by atoms with E-state index in [1.54, 1.807) is 6.07 Å². The molecule has 2 aromatic carbocycles. The number of anilines is 1. The van der Waals surface area contributed by atoms with Crippen molar-refractivity contribution in [1.82, 2.24) is 0 Å². The monoisotopic (exact) mass is 481 g/mol. The molecule has 5 rings (SSSR count). The number of carbonyl (C=O) groups excluding carboxylic acids is 2. The lowest BCUT2D eigenvalue weighted by Gasteiger charge is -2.20. The van der Waals surface area contributed by atoms with Gasteiger partial charge in [0.05, 0.1) is 0 Å². The molecule has 0 heterocycles. The van der Waals surface area contributed by atoms with Crippen LogP contribution < -0.4 is 5.32 Å². The zero-order valence-electron chi connectivity index (χ0n) is 17.7. The molecular formula is C26H28BrNO3. The normalized spacial score (nSPS) is 29.1. The minimum absolute atomic E-state index is 0.0704. The topological polar surface area (TPSA) is 66.4 Å². The van der Waals surface area contributed by atoms with Crippen LogP contribution in [0.2, 0.25) is 0 Å². The summed E-state index contributed by atoms with van der Waals surface area (Å²) in [5, 5.41) is 12.8. The number of fused-ring (bicyclic) bond motifs is 2. The number of aryl methyl sites for hydroxylation is 1. The van der Waals surface area contributed by atoms with E-state index in [1.807, 2.05) is 37.3 Å². The van der Waals surface area contributed by atoms with E-state index in [2.05, 4.69) is 21.2 Å². The zero-order chi connectivity index (χ0) is 21.7. The van der Waals surface area contributed by atoms with Crippen LogP contribution in [-0.2, 0) is 11.2 Å². The second-order valence-electron chi connectivity index (χ2n) is 9.64. The van der Waals surface area contributed by atoms with Crippen LogP contribution in [0.3, 0.4) is 0 Å². The van der Waals surface area contributed by atoms with E-state index >= 15 is 0 Å². The third-order valence-corrected chi connectivity index (χ3v) is 8.42. The quantitative estimate of drug-likeness (QED) is 0.534. The molecule has 2 N–H and O–H groups in total. The van der Waals surface area contributed by atoms with Gasteiger partial charge in [-0.15, -0.1) is 0 Å². The van der Waals surface area contributed by atoms with Crippen LogP contribution in [-0.4, -0.2) is 16.8 Å². The van der Waals surface area contributed by atoms with Crippen molar-refractivity contribution in [2.24, 2.45) is 29.6 Å². The number of hydrogen-bond acceptors (Lipinski definition) is 3. The Kier molecular flexibility index (Phi) is 5.41. The fraction of sp³-hybridized carbons (Fsp3) is 0.462. The number of ketones is 1. The number of amides is 1. The highest BCUT2D eigenvalue weighted by atomic mass is 79.9. The maximum atomic E-state index is 13.2. The molecule has 2 saturated carbocycles. The number of hydrogen-bond donors (Lipinski definition) is 2. The van der Waals surface area contributed by atoms with Gasteiger partial charge in [-0.1, -0.05) is 34.1 Å². The molecular weight excluding hydrogens is 454 g/mol. The number of carbonyl (C=O) groups is 2. The van der Waals surface area contributed by atoms with Crippen molar-refractivity contribution in [2.75, 3.05) is 5.32 Å². The fourth-order valence-corrected chi connectivity index (χ4v) is 6.56. The lowest BCUT2D eigenvalue weighted by atomic mass is 9.84. The molecule has 5 heteroatoms. The first-order valence-electron chi connectivity index (χ1n) is 11.3. The highest BCUT2D eigenvalue weighted by Crippen LogP contribution is 2.61. The predicted octanol–water partition coefficient (Wildman–Crippen LogP) is 5.90. The maximum absolute atomic E-state index is 13.2. The molecule has 0 bridgehead atoms. The van der Waals surface area contributed by atoms with E-state index in [0.717, 1.165) is 54.1 Å². The molecule has 31 heavy (non-hydrogen) atoms. The van der Waals surface area contributed by atoms with Crippen molar-refractivity contribution in [1.29, 1.82) is 0 Å². The first kappa shape index (κ1) is 20.7. The minimum atomic E-state index is 0.0704. The molecule has 2 fully saturated rings. The smallest absolute Gasteiger partial charge is 0.228 e. The molecule has 3 aliphatic rings. The predicted molar refractivity (Wildman–Crippen MR) is 124 cm³/mol. The van der Waals surface area contributed by atoms with Gasteiger partial charge in [-0.3, -0.25) is 9.59 Å². The van der Waals surface area contributed by atoms with Crippen molar-refractivity contribution in [3.63, 3.8) is 0 Å². The molecule has 0 radical (unpaired) electrons. The Balaban J connectivity index is 1.17. The number of Topliss-reactive ketones (excluding diaryl/α,β-unsaturated/α-hetero) is 1. The molecule has 0 saturated heterocycles. The van der Waals surface area contributed by atoms with Crippen LogP contribution in [0, 0.1) is 36.5 Å². The first-order chi connectivity index (χ1) is 14.9. The molecule has 0 spiro atoms. The number of rotatable bonds is 4. The molecule has 1 amide bonds. The molecule has 3 unspecified atom stereocenters. The van der Waals surface area contributed by atoms with Crippen LogP contribution in [0.1, 0.15) is 53.6 Å². The Hall–Kier alpha value is -2.14. The summed E-state index contributed by atoms with van der Waals surface area (Å²) in [4.78, 5) is 25.9. The van der Waals surface area contributed by atoms with Gasteiger partial charge in [0.25, 0.3) is 0 Å². The van der Waals surface area contributed by atoms with E-state index in [-0.39, 0.29) is 23.5 Å². The number of nitrogens with one attached hydrogen (secondary N) is 1. The summed E-state index contributed by atoms with van der Waals surface area (Å²) < 4.78 is 1.05. The van der Waals surface area contributed by atoms with Crippen LogP contribution in [0.25, 0.3) is 0 Å². The van der Waals surface area contributed by atoms with Gasteiger partial charge in [0.15, 0.2) is 5.78 Å². The molecule has 3 aliphatic carbocycles. The second-order valence-corrected chi connectivity index (χ2v) is 10.5. The lowest BCUT2D eigenvalue weighted by molar-refractivity contribution is -0.118. The summed E-state index contributed by atoms with van der Waals surface area (Å²) >= 11 is 3.61. The fourth-order valence-electron chi connectivity index (χ4n) is 5.99. The summed E-state index contributed by atoms with van der Waals surface area (Å²) in [7, 11) is 0. The van der Waals surface area contributed by atoms with Crippen molar-refractivity contribution in [2.45, 2.75) is 45.4 Å². The van der Waals surface area contributed by atoms with E-state index in [9.17, 15) is 14.7 Å². The van der Waals surface area contributed by atoms with Crippen molar-refractivity contribution in [3.8, 4) is 5.75 Å². The average Bonchev–Trinajstić information content (AvgIpc) is 3.30. The summed E-state index contributed by atoms with van der Waals surface area (Å²) in [6.07, 6.45) is 6.05. The summed E-state index contributed by atoms with van der Waals surface area (Å²) in [5.74, 6) is 2.23. The van der Waals surface area contributed by atoms with Crippen LogP contribution in [0.15, 0.2) is 40.9 Å². The van der Waals surface area contributed by atoms with E-state index < -0.39 is 0 Å². The van der Waals surface area contributed by atoms with Gasteiger partial charge >= 0.3 is 0 Å². The molecule has 162 valence electrons. The van der Waals surface area contributed by atoms with Crippen LogP contribution in [0.4, 0.5) is 5.69 Å². The number of benzene rings is 2. The van der Waals surface area contributed by atoms with Crippen molar-refractivity contribution < 1.29 is 14.7 Å². The molecule has 5 atom stereocenters. The highest BCUT2D eigenvalue weighted by molar-refractivity contribution is 9.10. The SMILES string of the molecule is Cc1ccc(NC(=O)C2[C@H]3CC(CC4CCCc5c(Br)cccc5C4=O)C[C@@H]23)cc1O. The highest BCUT2D eigenvalue weighted by Gasteiger charge is 2.59. The summed E-state index contributed by atoms with van der Waals surface area (Å²) in [6.45, 7) is 1.84. The Morgan fingerprint density at radius 1 is 1.19 bits per heavy atom. The van der Waals surface area contributed by atoms with Gasteiger partial charge in [-0.25, -0.2) is 0 Å². The van der Waals surface area contributed by atoms with Gasteiger partial charge in [-0.05, 0) is 86.5 Å². The Morgan fingerprint density at radius 2 is 1.97 bits per heavy atom. The molecule has 0 aromatic heterocycles. The first-order valence-corrected chi connectivity index (χ1v) is 12.1. The Morgan fingerprint density at radius 3 is 2.71 bits per heavy atom. The number of phenolic OH excluding ortho intramolecular Hbond substituents is 1. The molecule has 0 aliphatic heterocycles. The van der Waals surface area contributed by atoms with Gasteiger partial charge < -0.3 is 10.4 Å². The Labute approximate surface area is 191 Å². The third-order valence-electron chi connectivity index (χ3n) is 7.67. The van der Waals surface area contributed by atoms with Gasteiger partial charge in [0.2, 0.25) is 5.91 Å². The van der Waals surface area contributed by atoms with E-state index in [1.165, 1.54) is 5.56 Å². The second kappa shape index (κ2) is 8.09.